The van der Waals surface area contributed by atoms with Gasteiger partial charge in [-0.05, 0) is 48.5 Å². The lowest BCUT2D eigenvalue weighted by molar-refractivity contribution is -0.112. The number of hydrogen-bond donors (Lipinski definition) is 1. The Morgan fingerprint density at radius 1 is 1.03 bits per heavy atom. The second kappa shape index (κ2) is 10.9. The number of benzene rings is 3. The van der Waals surface area contributed by atoms with E-state index in [0.717, 1.165) is 5.56 Å². The van der Waals surface area contributed by atoms with Gasteiger partial charge in [-0.1, -0.05) is 29.8 Å². The normalized spacial score (nSPS) is 10.8. The van der Waals surface area contributed by atoms with Gasteiger partial charge in [0.15, 0.2) is 0 Å². The highest BCUT2D eigenvalue weighted by Gasteiger charge is 2.13. The largest absolute Gasteiger partial charge is 0.497 e. The Balaban J connectivity index is 1.84. The van der Waals surface area contributed by atoms with Crippen molar-refractivity contribution < 1.29 is 19.0 Å². The van der Waals surface area contributed by atoms with Gasteiger partial charge in [-0.2, -0.15) is 5.26 Å². The topological polar surface area (TPSA) is 80.6 Å². The Kier molecular flexibility index (Phi) is 7.74. The van der Waals surface area contributed by atoms with Crippen LogP contribution in [0.2, 0.25) is 5.02 Å². The number of nitrogens with zero attached hydrogens (tertiary/aromatic N) is 1. The fraction of sp³-hybridized carbons (Fsp3) is 0.120. The van der Waals surface area contributed by atoms with E-state index in [1.54, 1.807) is 62.8 Å². The number of halogens is 1. The molecule has 1 amide bonds. The van der Waals surface area contributed by atoms with E-state index in [4.69, 9.17) is 25.8 Å². The average molecular weight is 449 g/mol. The van der Waals surface area contributed by atoms with Gasteiger partial charge in [0.2, 0.25) is 0 Å². The zero-order chi connectivity index (χ0) is 22.9. The third-order valence-electron chi connectivity index (χ3n) is 4.57. The van der Waals surface area contributed by atoms with E-state index >= 15 is 0 Å². The smallest absolute Gasteiger partial charge is 0.266 e. The lowest BCUT2D eigenvalue weighted by Gasteiger charge is -2.12. The summed E-state index contributed by atoms with van der Waals surface area (Å²) in [5, 5.41) is 12.9. The van der Waals surface area contributed by atoms with Gasteiger partial charge in [-0.25, -0.2) is 0 Å². The van der Waals surface area contributed by atoms with Crippen LogP contribution in [-0.4, -0.2) is 20.1 Å². The molecule has 0 radical (unpaired) electrons. The maximum Gasteiger partial charge on any atom is 0.266 e. The molecule has 0 saturated carbocycles. The fourth-order valence-electron chi connectivity index (χ4n) is 2.83. The van der Waals surface area contributed by atoms with E-state index in [2.05, 4.69) is 5.32 Å². The van der Waals surface area contributed by atoms with Gasteiger partial charge >= 0.3 is 0 Å². The van der Waals surface area contributed by atoms with Crippen LogP contribution in [-0.2, 0) is 11.4 Å². The van der Waals surface area contributed by atoms with E-state index in [1.807, 2.05) is 24.3 Å². The van der Waals surface area contributed by atoms with Gasteiger partial charge in [0.25, 0.3) is 5.91 Å². The van der Waals surface area contributed by atoms with Crippen LogP contribution in [0.25, 0.3) is 6.08 Å². The molecule has 6 nitrogen and oxygen atoms in total. The lowest BCUT2D eigenvalue weighted by atomic mass is 10.1. The summed E-state index contributed by atoms with van der Waals surface area (Å²) < 4.78 is 16.3. The number of nitriles is 1. The van der Waals surface area contributed by atoms with Gasteiger partial charge in [0.1, 0.15) is 35.5 Å². The fourth-order valence-corrected chi connectivity index (χ4v) is 3.02. The Bertz CT molecular complexity index is 1170. The molecule has 0 aliphatic heterocycles. The first-order valence-corrected chi connectivity index (χ1v) is 10.0. The summed E-state index contributed by atoms with van der Waals surface area (Å²) in [6.07, 6.45) is 1.47. The first-order valence-electron chi connectivity index (χ1n) is 9.65. The predicted octanol–water partition coefficient (Wildman–Crippen LogP) is 5.48. The van der Waals surface area contributed by atoms with E-state index in [-0.39, 0.29) is 12.2 Å². The number of amides is 1. The van der Waals surface area contributed by atoms with Crippen molar-refractivity contribution in [1.29, 1.82) is 5.26 Å². The first-order chi connectivity index (χ1) is 15.5. The molecule has 0 unspecified atom stereocenters. The van der Waals surface area contributed by atoms with Crippen molar-refractivity contribution in [2.45, 2.75) is 6.61 Å². The zero-order valence-electron chi connectivity index (χ0n) is 17.6. The van der Waals surface area contributed by atoms with Crippen molar-refractivity contribution in [2.24, 2.45) is 0 Å². The summed E-state index contributed by atoms with van der Waals surface area (Å²) in [6.45, 7) is 0.216. The molecule has 162 valence electrons. The van der Waals surface area contributed by atoms with Gasteiger partial charge < -0.3 is 19.5 Å². The lowest BCUT2D eigenvalue weighted by Crippen LogP contribution is -2.13. The van der Waals surface area contributed by atoms with Crippen LogP contribution >= 0.6 is 11.6 Å². The molecule has 0 aliphatic rings. The summed E-state index contributed by atoms with van der Waals surface area (Å²) in [7, 11) is 3.11. The Morgan fingerprint density at radius 3 is 2.38 bits per heavy atom. The number of anilines is 1. The van der Waals surface area contributed by atoms with Crippen LogP contribution in [0.5, 0.6) is 17.2 Å². The van der Waals surface area contributed by atoms with Crippen LogP contribution in [0.15, 0.2) is 72.3 Å². The minimum absolute atomic E-state index is 0.0754. The molecule has 0 saturated heterocycles. The second-order valence-corrected chi connectivity index (χ2v) is 7.04. The maximum absolute atomic E-state index is 12.6. The van der Waals surface area contributed by atoms with Crippen LogP contribution in [0.4, 0.5) is 5.69 Å². The summed E-state index contributed by atoms with van der Waals surface area (Å²) in [5.74, 6) is 1.16. The number of methoxy groups -OCH3 is 2. The first kappa shape index (κ1) is 22.7. The standard InChI is InChI=1S/C25H21ClN2O4/c1-30-21-11-8-20(9-12-21)28-25(29)19(15-27)13-17-7-10-22(31-2)14-24(17)32-16-18-5-3-4-6-23(18)26/h3-14H,16H2,1-2H3,(H,28,29)/b19-13+. The third-order valence-corrected chi connectivity index (χ3v) is 4.94. The quantitative estimate of drug-likeness (QED) is 0.364. The second-order valence-electron chi connectivity index (χ2n) is 6.64. The Morgan fingerprint density at radius 2 is 1.72 bits per heavy atom. The van der Waals surface area contributed by atoms with Gasteiger partial charge in [0.05, 0.1) is 14.2 Å². The molecule has 0 spiro atoms. The molecule has 3 aromatic rings. The minimum Gasteiger partial charge on any atom is -0.497 e. The molecule has 0 heterocycles. The minimum atomic E-state index is -0.537. The molecule has 0 aromatic heterocycles. The molecule has 3 aromatic carbocycles. The molecule has 7 heteroatoms. The molecule has 0 atom stereocenters. The number of nitrogens with one attached hydrogen (secondary N) is 1. The van der Waals surface area contributed by atoms with Crippen molar-refractivity contribution >= 4 is 29.3 Å². The molecule has 0 aliphatic carbocycles. The molecule has 0 bridgehead atoms. The molecule has 0 fully saturated rings. The molecule has 32 heavy (non-hydrogen) atoms. The number of ether oxygens (including phenoxy) is 3. The van der Waals surface area contributed by atoms with Crippen LogP contribution in [0.3, 0.4) is 0 Å². The monoisotopic (exact) mass is 448 g/mol. The molecule has 3 rings (SSSR count). The number of carbonyl (C=O) groups is 1. The highest BCUT2D eigenvalue weighted by molar-refractivity contribution is 6.31. The summed E-state index contributed by atoms with van der Waals surface area (Å²) in [5.41, 5.74) is 1.83. The van der Waals surface area contributed by atoms with Crippen LogP contribution in [0, 0.1) is 11.3 Å². The zero-order valence-corrected chi connectivity index (χ0v) is 18.3. The number of hydrogen-bond acceptors (Lipinski definition) is 5. The van der Waals surface area contributed by atoms with Crippen LogP contribution in [0.1, 0.15) is 11.1 Å². The Labute approximate surface area is 191 Å². The molecule has 1 N–H and O–H groups in total. The van der Waals surface area contributed by atoms with Crippen molar-refractivity contribution in [1.82, 2.24) is 0 Å². The summed E-state index contributed by atoms with van der Waals surface area (Å²) >= 11 is 6.21. The van der Waals surface area contributed by atoms with E-state index in [0.29, 0.717) is 33.5 Å². The van der Waals surface area contributed by atoms with E-state index in [9.17, 15) is 10.1 Å². The van der Waals surface area contributed by atoms with E-state index in [1.165, 1.54) is 6.08 Å². The van der Waals surface area contributed by atoms with Crippen molar-refractivity contribution in [3.8, 4) is 23.3 Å². The predicted molar refractivity (Wildman–Crippen MR) is 124 cm³/mol. The van der Waals surface area contributed by atoms with Gasteiger partial charge in [0, 0.05) is 27.9 Å². The number of rotatable bonds is 8. The third kappa shape index (κ3) is 5.81. The summed E-state index contributed by atoms with van der Waals surface area (Å²) in [6, 6.07) is 21.3. The SMILES string of the molecule is COc1ccc(NC(=O)/C(C#N)=C/c2ccc(OC)cc2OCc2ccccc2Cl)cc1. The Hall–Kier alpha value is -3.95. The highest BCUT2D eigenvalue weighted by Crippen LogP contribution is 2.29. The molecular weight excluding hydrogens is 428 g/mol. The van der Waals surface area contributed by atoms with Crippen molar-refractivity contribution in [3.05, 3.63) is 88.5 Å². The average Bonchev–Trinajstić information content (AvgIpc) is 2.82. The number of carbonyl (C=O) groups excluding carboxylic acids is 1. The highest BCUT2D eigenvalue weighted by atomic mass is 35.5. The summed E-state index contributed by atoms with van der Waals surface area (Å²) in [4.78, 5) is 12.6. The van der Waals surface area contributed by atoms with E-state index < -0.39 is 5.91 Å². The maximum atomic E-state index is 12.6. The van der Waals surface area contributed by atoms with Crippen molar-refractivity contribution in [3.63, 3.8) is 0 Å². The molecular formula is C25H21ClN2O4. The van der Waals surface area contributed by atoms with Gasteiger partial charge in [-0.15, -0.1) is 0 Å². The van der Waals surface area contributed by atoms with Crippen molar-refractivity contribution in [2.75, 3.05) is 19.5 Å². The van der Waals surface area contributed by atoms with Gasteiger partial charge in [-0.3, -0.25) is 4.79 Å². The van der Waals surface area contributed by atoms with Crippen LogP contribution < -0.4 is 19.5 Å².